The van der Waals surface area contributed by atoms with Crippen LogP contribution in [0.5, 0.6) is 0 Å². The van der Waals surface area contributed by atoms with E-state index in [1.54, 1.807) is 0 Å². The van der Waals surface area contributed by atoms with E-state index in [-0.39, 0.29) is 12.3 Å². The highest BCUT2D eigenvalue weighted by atomic mass is 16.3. The summed E-state index contributed by atoms with van der Waals surface area (Å²) in [7, 11) is 0. The first-order valence-corrected chi connectivity index (χ1v) is 22.5. The molecule has 0 radical (unpaired) electrons. The Bertz CT molecular complexity index is 3820. The molecule has 0 saturated carbocycles. The minimum Gasteiger partial charge on any atom is -0.456 e. The van der Waals surface area contributed by atoms with Gasteiger partial charge in [-0.15, -0.1) is 0 Å². The van der Waals surface area contributed by atoms with E-state index < -0.39 is 5.41 Å². The van der Waals surface area contributed by atoms with Crippen LogP contribution in [0, 0.1) is 0 Å². The molecule has 4 nitrogen and oxygen atoms in total. The van der Waals surface area contributed by atoms with Gasteiger partial charge in [-0.2, -0.15) is 0 Å². The fourth-order valence-electron chi connectivity index (χ4n) is 12.4. The smallest absolute Gasteiger partial charge is 0.333 e. The van der Waals surface area contributed by atoms with Gasteiger partial charge >= 0.3 is 6.85 Å². The number of hydrogen-bond acceptors (Lipinski definition) is 4. The molecule has 5 heterocycles. The fourth-order valence-corrected chi connectivity index (χ4v) is 12.4. The third-order valence-corrected chi connectivity index (χ3v) is 15.0. The highest BCUT2D eigenvalue weighted by Crippen LogP contribution is 2.64. The van der Waals surface area contributed by atoms with Crippen LogP contribution in [-0.4, -0.2) is 6.85 Å². The van der Waals surface area contributed by atoms with Gasteiger partial charge in [0.1, 0.15) is 22.3 Å². The number of nitrogens with zero attached hydrogens (tertiary/aromatic N) is 2. The lowest BCUT2D eigenvalue weighted by atomic mass is 9.42. The molecule has 15 rings (SSSR count). The number of fused-ring (bicyclic) bond motifs is 20. The Morgan fingerprint density at radius 3 is 1.83 bits per heavy atom. The topological polar surface area (TPSA) is 32.8 Å². The number of para-hydroxylation sites is 4. The summed E-state index contributed by atoms with van der Waals surface area (Å²) in [5.41, 5.74) is 22.9. The van der Waals surface area contributed by atoms with Crippen molar-refractivity contribution in [3.8, 4) is 22.3 Å². The van der Waals surface area contributed by atoms with E-state index in [4.69, 9.17) is 8.83 Å². The Morgan fingerprint density at radius 2 is 1.08 bits per heavy atom. The number of anilines is 5. The molecule has 0 fully saturated rings. The van der Waals surface area contributed by atoms with Crippen molar-refractivity contribution in [2.24, 2.45) is 0 Å². The van der Waals surface area contributed by atoms with Crippen molar-refractivity contribution in [3.05, 3.63) is 210 Å². The molecule has 1 aliphatic carbocycles. The summed E-state index contributed by atoms with van der Waals surface area (Å²) >= 11 is 0. The van der Waals surface area contributed by atoms with Crippen LogP contribution in [0.3, 0.4) is 0 Å². The molecule has 0 saturated heterocycles. The van der Waals surface area contributed by atoms with Crippen molar-refractivity contribution >= 4 is 90.1 Å². The lowest BCUT2D eigenvalue weighted by Crippen LogP contribution is -2.62. The Kier molecular flexibility index (Phi) is 6.43. The second-order valence-corrected chi connectivity index (χ2v) is 19.1. The molecule has 5 heteroatoms. The van der Waals surface area contributed by atoms with Crippen LogP contribution >= 0.6 is 0 Å². The first-order valence-electron chi connectivity index (χ1n) is 22.5. The Hall–Kier alpha value is -7.76. The number of benzene rings is 9. The molecule has 0 unspecified atom stereocenters. The average Bonchev–Trinajstić information content (AvgIpc) is 3.98. The Labute approximate surface area is 370 Å². The SMILES string of the molecule is CC(C)(C)c1ccc(N2B3c4cccc5c4N(c4ccccc4C54c5ccccc5-c5ccccc54)c4cc5oc6ccccc6c5c(c43)-c3cc4c(cc32)oc2ccccc24)cc1. The van der Waals surface area contributed by atoms with Gasteiger partial charge in [0.25, 0.3) is 0 Å². The van der Waals surface area contributed by atoms with E-state index in [0.29, 0.717) is 0 Å². The minimum atomic E-state index is -0.540. The largest absolute Gasteiger partial charge is 0.456 e. The summed E-state index contributed by atoms with van der Waals surface area (Å²) in [4.78, 5) is 5.21. The van der Waals surface area contributed by atoms with Gasteiger partial charge in [0.05, 0.1) is 11.1 Å². The predicted molar refractivity (Wildman–Crippen MR) is 264 cm³/mol. The summed E-state index contributed by atoms with van der Waals surface area (Å²) in [6.45, 7) is 6.67. The molecule has 0 atom stereocenters. The number of furan rings is 2. The van der Waals surface area contributed by atoms with E-state index in [1.807, 2.05) is 0 Å². The first kappa shape index (κ1) is 34.8. The average molecular weight is 819 g/mol. The molecule has 0 N–H and O–H groups in total. The van der Waals surface area contributed by atoms with Crippen LogP contribution in [0.1, 0.15) is 48.6 Å². The summed E-state index contributed by atoms with van der Waals surface area (Å²) in [6, 6.07) is 67.8. The molecule has 64 heavy (non-hydrogen) atoms. The summed E-state index contributed by atoms with van der Waals surface area (Å²) in [6.07, 6.45) is 0. The Balaban J connectivity index is 1.14. The maximum absolute atomic E-state index is 6.98. The lowest BCUT2D eigenvalue weighted by molar-refractivity contribution is 0.590. The predicted octanol–water partition coefficient (Wildman–Crippen LogP) is 14.2. The van der Waals surface area contributed by atoms with Crippen LogP contribution in [0.25, 0.3) is 66.1 Å². The van der Waals surface area contributed by atoms with Crippen LogP contribution in [-0.2, 0) is 10.8 Å². The second-order valence-electron chi connectivity index (χ2n) is 19.1. The van der Waals surface area contributed by atoms with Gasteiger partial charge in [0.15, 0.2) is 0 Å². The lowest BCUT2D eigenvalue weighted by Gasteiger charge is -2.51. The summed E-state index contributed by atoms with van der Waals surface area (Å²) in [5, 5.41) is 4.49. The van der Waals surface area contributed by atoms with Crippen LogP contribution in [0.15, 0.2) is 191 Å². The highest BCUT2D eigenvalue weighted by molar-refractivity contribution is 6.94. The van der Waals surface area contributed by atoms with Crippen molar-refractivity contribution in [1.82, 2.24) is 0 Å². The molecular formula is C59H39BN2O2. The van der Waals surface area contributed by atoms with Gasteiger partial charge in [0, 0.05) is 62.0 Å². The van der Waals surface area contributed by atoms with E-state index in [0.717, 1.165) is 60.9 Å². The minimum absolute atomic E-state index is 0.00586. The maximum Gasteiger partial charge on any atom is 0.333 e. The fraction of sp³-hybridized carbons (Fsp3) is 0.0847. The molecule has 0 bridgehead atoms. The number of rotatable bonds is 1. The van der Waals surface area contributed by atoms with Gasteiger partial charge in [-0.1, -0.05) is 154 Å². The standard InChI is InChI=1S/C59H39BN2O2/c1-58(2,3)34-27-29-35(30-28-34)62-48-32-52-40(38-17-6-12-25-50(38)63-52)31-41(48)55-54-39-18-7-13-26-51(39)64-53(54)33-49-56(55)60(62)46-23-14-22-45-57(46)61(49)47-24-11-10-21-44(47)59(45)42-19-8-4-15-36(42)37-16-5-9-20-43(37)59/h4-33H,1-3H3. The van der Waals surface area contributed by atoms with Crippen molar-refractivity contribution in [2.45, 2.75) is 31.6 Å². The Morgan fingerprint density at radius 1 is 0.469 bits per heavy atom. The zero-order chi connectivity index (χ0) is 42.2. The van der Waals surface area contributed by atoms with Crippen LogP contribution in [0.4, 0.5) is 28.4 Å². The number of hydrogen-bond donors (Lipinski definition) is 0. The zero-order valence-electron chi connectivity index (χ0n) is 35.6. The van der Waals surface area contributed by atoms with Crippen molar-refractivity contribution in [2.75, 3.05) is 9.71 Å². The third-order valence-electron chi connectivity index (χ3n) is 15.0. The molecule has 0 amide bonds. The van der Waals surface area contributed by atoms with E-state index in [2.05, 4.69) is 212 Å². The van der Waals surface area contributed by atoms with Crippen molar-refractivity contribution < 1.29 is 8.83 Å². The van der Waals surface area contributed by atoms with E-state index in [9.17, 15) is 0 Å². The molecular weight excluding hydrogens is 779 g/mol. The molecule has 4 aliphatic rings. The van der Waals surface area contributed by atoms with Gasteiger partial charge in [-0.3, -0.25) is 0 Å². The van der Waals surface area contributed by atoms with Gasteiger partial charge in [-0.25, -0.2) is 0 Å². The quantitative estimate of drug-likeness (QED) is 0.155. The van der Waals surface area contributed by atoms with Gasteiger partial charge < -0.3 is 18.5 Å². The van der Waals surface area contributed by atoms with E-state index in [1.165, 1.54) is 72.4 Å². The molecule has 11 aromatic rings. The molecule has 9 aromatic carbocycles. The normalized spacial score (nSPS) is 14.8. The molecule has 300 valence electrons. The molecule has 3 aliphatic heterocycles. The molecule has 1 spiro atoms. The second kappa shape index (κ2) is 11.8. The molecule has 2 aromatic heterocycles. The van der Waals surface area contributed by atoms with Crippen molar-refractivity contribution in [3.63, 3.8) is 0 Å². The monoisotopic (exact) mass is 818 g/mol. The highest BCUT2D eigenvalue weighted by Gasteiger charge is 2.56. The summed E-state index contributed by atoms with van der Waals surface area (Å²) < 4.78 is 13.7. The van der Waals surface area contributed by atoms with Crippen LogP contribution in [0.2, 0.25) is 0 Å². The van der Waals surface area contributed by atoms with Crippen LogP contribution < -0.4 is 20.6 Å². The summed E-state index contributed by atoms with van der Waals surface area (Å²) in [5.74, 6) is 0. The van der Waals surface area contributed by atoms with Crippen molar-refractivity contribution in [1.29, 1.82) is 0 Å². The van der Waals surface area contributed by atoms with Gasteiger partial charge in [-0.05, 0) is 97.2 Å². The van der Waals surface area contributed by atoms with Gasteiger partial charge in [0.2, 0.25) is 0 Å². The third kappa shape index (κ3) is 4.12. The van der Waals surface area contributed by atoms with E-state index >= 15 is 0 Å². The zero-order valence-corrected chi connectivity index (χ0v) is 35.6. The maximum atomic E-state index is 6.98. The first-order chi connectivity index (χ1) is 31.4.